The van der Waals surface area contributed by atoms with Gasteiger partial charge in [0.15, 0.2) is 5.78 Å². The molecule has 0 spiro atoms. The highest BCUT2D eigenvalue weighted by molar-refractivity contribution is 5.87. The number of hydrogen-bond acceptors (Lipinski definition) is 1. The van der Waals surface area contributed by atoms with Gasteiger partial charge in [-0.1, -0.05) is 39.0 Å². The molecular weight excluding hydrogens is 184 g/mol. The zero-order valence-corrected chi connectivity index (χ0v) is 10.4. The summed E-state index contributed by atoms with van der Waals surface area (Å²) in [6, 6.07) is 0. The van der Waals surface area contributed by atoms with Crippen molar-refractivity contribution in [2.24, 2.45) is 10.8 Å². The van der Waals surface area contributed by atoms with Crippen LogP contribution in [0.25, 0.3) is 0 Å². The molecule has 0 saturated heterocycles. The maximum Gasteiger partial charge on any atom is 0.152 e. The van der Waals surface area contributed by atoms with Gasteiger partial charge in [-0.15, -0.1) is 0 Å². The monoisotopic (exact) mass is 206 g/mol. The van der Waals surface area contributed by atoms with Crippen LogP contribution >= 0.6 is 0 Å². The lowest BCUT2D eigenvalue weighted by atomic mass is 9.56. The summed E-state index contributed by atoms with van der Waals surface area (Å²) in [7, 11) is 0. The van der Waals surface area contributed by atoms with Crippen molar-refractivity contribution < 1.29 is 4.79 Å². The fraction of sp³-hybridized carbons (Fsp3) is 0.643. The Morgan fingerprint density at radius 2 is 2.00 bits per heavy atom. The summed E-state index contributed by atoms with van der Waals surface area (Å²) in [6.45, 7) is 12.5. The van der Waals surface area contributed by atoms with Crippen LogP contribution in [0.3, 0.4) is 0 Å². The van der Waals surface area contributed by atoms with Crippen LogP contribution in [0.15, 0.2) is 24.3 Å². The molecule has 1 fully saturated rings. The maximum absolute atomic E-state index is 11.0. The van der Waals surface area contributed by atoms with E-state index in [9.17, 15) is 4.79 Å². The van der Waals surface area contributed by atoms with Crippen molar-refractivity contribution in [2.75, 3.05) is 0 Å². The second kappa shape index (κ2) is 3.96. The number of ketones is 1. The number of carbonyl (C=O) groups excluding carboxylic acids is 1. The highest BCUT2D eigenvalue weighted by Crippen LogP contribution is 2.53. The van der Waals surface area contributed by atoms with E-state index in [-0.39, 0.29) is 16.6 Å². The number of rotatable bonds is 2. The SMILES string of the molecule is C=C1CCCC(C)(C)C1(C)C=CC(C)=O. The van der Waals surface area contributed by atoms with Gasteiger partial charge >= 0.3 is 0 Å². The maximum atomic E-state index is 11.0. The van der Waals surface area contributed by atoms with Crippen molar-refractivity contribution in [1.29, 1.82) is 0 Å². The summed E-state index contributed by atoms with van der Waals surface area (Å²) in [5.74, 6) is 0.116. The summed E-state index contributed by atoms with van der Waals surface area (Å²) >= 11 is 0. The van der Waals surface area contributed by atoms with E-state index in [1.165, 1.54) is 18.4 Å². The first kappa shape index (κ1) is 12.2. The molecular formula is C14H22O. The second-order valence-electron chi connectivity index (χ2n) is 5.49. The molecule has 1 unspecified atom stereocenters. The number of carbonyl (C=O) groups is 1. The van der Waals surface area contributed by atoms with Crippen molar-refractivity contribution >= 4 is 5.78 Å². The normalized spacial score (nSPS) is 30.8. The first-order valence-electron chi connectivity index (χ1n) is 5.68. The van der Waals surface area contributed by atoms with Gasteiger partial charge in [0.25, 0.3) is 0 Å². The summed E-state index contributed by atoms with van der Waals surface area (Å²) in [4.78, 5) is 11.0. The van der Waals surface area contributed by atoms with Crippen molar-refractivity contribution in [2.45, 2.75) is 47.0 Å². The first-order chi connectivity index (χ1) is 6.79. The molecule has 0 aromatic heterocycles. The minimum Gasteiger partial charge on any atom is -0.295 e. The molecule has 15 heavy (non-hydrogen) atoms. The zero-order valence-electron chi connectivity index (χ0n) is 10.4. The summed E-state index contributed by atoms with van der Waals surface area (Å²) in [5, 5.41) is 0. The third-order valence-corrected chi connectivity index (χ3v) is 4.07. The van der Waals surface area contributed by atoms with Gasteiger partial charge in [0, 0.05) is 5.41 Å². The van der Waals surface area contributed by atoms with Crippen LogP contribution < -0.4 is 0 Å². The largest absolute Gasteiger partial charge is 0.295 e. The highest BCUT2D eigenvalue weighted by atomic mass is 16.1. The lowest BCUT2D eigenvalue weighted by Crippen LogP contribution is -2.38. The van der Waals surface area contributed by atoms with E-state index in [4.69, 9.17) is 0 Å². The average molecular weight is 206 g/mol. The molecule has 1 aliphatic rings. The van der Waals surface area contributed by atoms with Crippen molar-refractivity contribution in [3.63, 3.8) is 0 Å². The molecule has 84 valence electrons. The molecule has 1 nitrogen and oxygen atoms in total. The minimum absolute atomic E-state index is 0.0308. The molecule has 0 aromatic carbocycles. The van der Waals surface area contributed by atoms with Gasteiger partial charge < -0.3 is 0 Å². The van der Waals surface area contributed by atoms with Gasteiger partial charge in [-0.25, -0.2) is 0 Å². The van der Waals surface area contributed by atoms with Crippen LogP contribution in [0.5, 0.6) is 0 Å². The topological polar surface area (TPSA) is 17.1 Å². The van der Waals surface area contributed by atoms with E-state index in [2.05, 4.69) is 33.4 Å². The summed E-state index contributed by atoms with van der Waals surface area (Å²) in [6.07, 6.45) is 7.25. The van der Waals surface area contributed by atoms with Crippen LogP contribution in [0.4, 0.5) is 0 Å². The van der Waals surface area contributed by atoms with E-state index in [1.807, 2.05) is 0 Å². The molecule has 0 radical (unpaired) electrons. The van der Waals surface area contributed by atoms with E-state index < -0.39 is 0 Å². The lowest BCUT2D eigenvalue weighted by Gasteiger charge is -2.48. The average Bonchev–Trinajstić information content (AvgIpc) is 2.11. The predicted octanol–water partition coefficient (Wildman–Crippen LogP) is 3.90. The standard InChI is InChI=1S/C14H22O/c1-11-7-6-9-13(3,4)14(11,5)10-8-12(2)15/h8,10H,1,6-7,9H2,2-5H3. The van der Waals surface area contributed by atoms with Crippen molar-refractivity contribution in [1.82, 2.24) is 0 Å². The van der Waals surface area contributed by atoms with Crippen LogP contribution in [0, 0.1) is 10.8 Å². The Bertz CT molecular complexity index is 309. The van der Waals surface area contributed by atoms with Crippen LogP contribution in [0.1, 0.15) is 47.0 Å². The molecule has 0 aliphatic heterocycles. The minimum atomic E-state index is -0.0308. The third kappa shape index (κ3) is 2.22. The van der Waals surface area contributed by atoms with Crippen LogP contribution in [-0.4, -0.2) is 5.78 Å². The van der Waals surface area contributed by atoms with Gasteiger partial charge in [-0.3, -0.25) is 4.79 Å². The Kier molecular flexibility index (Phi) is 3.22. The third-order valence-electron chi connectivity index (χ3n) is 4.07. The van der Waals surface area contributed by atoms with Gasteiger partial charge in [-0.2, -0.15) is 0 Å². The Morgan fingerprint density at radius 3 is 2.47 bits per heavy atom. The Labute approximate surface area is 93.3 Å². The molecule has 1 rings (SSSR count). The fourth-order valence-corrected chi connectivity index (χ4v) is 2.37. The molecule has 1 heteroatoms. The highest BCUT2D eigenvalue weighted by Gasteiger charge is 2.43. The second-order valence-corrected chi connectivity index (χ2v) is 5.49. The van der Waals surface area contributed by atoms with Gasteiger partial charge in [0.05, 0.1) is 0 Å². The predicted molar refractivity (Wildman–Crippen MR) is 64.7 cm³/mol. The van der Waals surface area contributed by atoms with E-state index >= 15 is 0 Å². The van der Waals surface area contributed by atoms with Crippen LogP contribution in [0.2, 0.25) is 0 Å². The van der Waals surface area contributed by atoms with E-state index in [0.717, 1.165) is 6.42 Å². The van der Waals surface area contributed by atoms with Gasteiger partial charge in [0.2, 0.25) is 0 Å². The fourth-order valence-electron chi connectivity index (χ4n) is 2.37. The van der Waals surface area contributed by atoms with Gasteiger partial charge in [-0.05, 0) is 37.7 Å². The molecule has 0 heterocycles. The Balaban J connectivity index is 3.04. The van der Waals surface area contributed by atoms with E-state index in [1.54, 1.807) is 13.0 Å². The molecule has 0 amide bonds. The Hall–Kier alpha value is -0.850. The number of allylic oxidation sites excluding steroid dienone is 3. The zero-order chi connectivity index (χ0) is 11.7. The molecule has 1 atom stereocenters. The smallest absolute Gasteiger partial charge is 0.152 e. The molecule has 0 aromatic rings. The van der Waals surface area contributed by atoms with E-state index in [0.29, 0.717) is 0 Å². The number of hydrogen-bond donors (Lipinski definition) is 0. The molecule has 0 bridgehead atoms. The van der Waals surface area contributed by atoms with Crippen molar-refractivity contribution in [3.8, 4) is 0 Å². The van der Waals surface area contributed by atoms with Crippen LogP contribution in [-0.2, 0) is 4.79 Å². The quantitative estimate of drug-likeness (QED) is 0.494. The first-order valence-corrected chi connectivity index (χ1v) is 5.68. The summed E-state index contributed by atoms with van der Waals surface area (Å²) in [5.41, 5.74) is 1.43. The molecule has 1 saturated carbocycles. The molecule has 1 aliphatic carbocycles. The Morgan fingerprint density at radius 1 is 1.40 bits per heavy atom. The summed E-state index contributed by atoms with van der Waals surface area (Å²) < 4.78 is 0. The van der Waals surface area contributed by atoms with Gasteiger partial charge in [0.1, 0.15) is 0 Å². The lowest BCUT2D eigenvalue weighted by molar-refractivity contribution is -0.112. The molecule has 0 N–H and O–H groups in total. The van der Waals surface area contributed by atoms with Crippen molar-refractivity contribution in [3.05, 3.63) is 24.3 Å².